The second kappa shape index (κ2) is 5.40. The molecule has 4 heteroatoms. The summed E-state index contributed by atoms with van der Waals surface area (Å²) < 4.78 is 0. The Balaban J connectivity index is 1.90. The fraction of sp³-hybridized carbons (Fsp3) is 0. The van der Waals surface area contributed by atoms with E-state index in [0.717, 1.165) is 16.9 Å². The Morgan fingerprint density at radius 2 is 1.75 bits per heavy atom. The van der Waals surface area contributed by atoms with E-state index in [1.54, 1.807) is 24.4 Å². The second-order valence-electron chi connectivity index (χ2n) is 4.31. The van der Waals surface area contributed by atoms with Crippen LogP contribution in [0.4, 0.5) is 11.6 Å². The van der Waals surface area contributed by atoms with Gasteiger partial charge in [-0.1, -0.05) is 30.3 Å². The van der Waals surface area contributed by atoms with Crippen LogP contribution in [0.5, 0.6) is 5.75 Å². The zero-order chi connectivity index (χ0) is 13.8. The summed E-state index contributed by atoms with van der Waals surface area (Å²) in [7, 11) is 0. The van der Waals surface area contributed by atoms with Crippen LogP contribution >= 0.6 is 0 Å². The van der Waals surface area contributed by atoms with Gasteiger partial charge in [-0.3, -0.25) is 0 Å². The molecule has 2 N–H and O–H groups in total. The van der Waals surface area contributed by atoms with E-state index in [2.05, 4.69) is 15.3 Å². The molecule has 4 nitrogen and oxygen atoms in total. The summed E-state index contributed by atoms with van der Waals surface area (Å²) in [5.74, 6) is 0.746. The van der Waals surface area contributed by atoms with E-state index in [1.165, 1.54) is 0 Å². The highest BCUT2D eigenvalue weighted by molar-refractivity contribution is 5.63. The number of phenolic OH excluding ortho intramolecular Hbond substituents is 1. The van der Waals surface area contributed by atoms with Crippen LogP contribution in [-0.4, -0.2) is 15.1 Å². The molecular weight excluding hydrogens is 250 g/mol. The van der Waals surface area contributed by atoms with E-state index in [9.17, 15) is 5.11 Å². The average Bonchev–Trinajstić information content (AvgIpc) is 2.49. The first-order valence-corrected chi connectivity index (χ1v) is 6.26. The maximum atomic E-state index is 9.52. The number of anilines is 2. The van der Waals surface area contributed by atoms with Crippen molar-refractivity contribution in [3.8, 4) is 17.0 Å². The van der Waals surface area contributed by atoms with E-state index in [4.69, 9.17) is 0 Å². The number of hydrogen-bond acceptors (Lipinski definition) is 4. The smallest absolute Gasteiger partial charge is 0.227 e. The number of benzene rings is 2. The molecule has 20 heavy (non-hydrogen) atoms. The first-order chi connectivity index (χ1) is 9.81. The van der Waals surface area contributed by atoms with Gasteiger partial charge in [0.15, 0.2) is 0 Å². The van der Waals surface area contributed by atoms with Gasteiger partial charge >= 0.3 is 0 Å². The molecule has 0 amide bonds. The number of aromatic nitrogens is 2. The van der Waals surface area contributed by atoms with Crippen molar-refractivity contribution in [3.05, 3.63) is 66.9 Å². The third-order valence-electron chi connectivity index (χ3n) is 2.83. The third kappa shape index (κ3) is 2.75. The number of para-hydroxylation sites is 1. The highest BCUT2D eigenvalue weighted by Gasteiger charge is 2.03. The molecule has 0 saturated carbocycles. The minimum atomic E-state index is 0.221. The number of hydrogen-bond donors (Lipinski definition) is 2. The van der Waals surface area contributed by atoms with E-state index >= 15 is 0 Å². The van der Waals surface area contributed by atoms with Crippen molar-refractivity contribution >= 4 is 11.6 Å². The van der Waals surface area contributed by atoms with Crippen molar-refractivity contribution < 1.29 is 5.11 Å². The predicted octanol–water partition coefficient (Wildman–Crippen LogP) is 3.59. The maximum Gasteiger partial charge on any atom is 0.227 e. The van der Waals surface area contributed by atoms with Crippen molar-refractivity contribution in [2.24, 2.45) is 0 Å². The Hall–Kier alpha value is -2.88. The van der Waals surface area contributed by atoms with Gasteiger partial charge < -0.3 is 10.4 Å². The van der Waals surface area contributed by atoms with Gasteiger partial charge in [0.25, 0.3) is 0 Å². The van der Waals surface area contributed by atoms with E-state index in [1.807, 2.05) is 42.5 Å². The quantitative estimate of drug-likeness (QED) is 0.758. The Morgan fingerprint density at radius 3 is 2.55 bits per heavy atom. The van der Waals surface area contributed by atoms with Gasteiger partial charge in [0.05, 0.1) is 5.69 Å². The third-order valence-corrected chi connectivity index (χ3v) is 2.83. The molecule has 0 aliphatic heterocycles. The molecule has 2 aromatic carbocycles. The Kier molecular flexibility index (Phi) is 3.29. The molecule has 0 atom stereocenters. The maximum absolute atomic E-state index is 9.52. The standard InChI is InChI=1S/C16H13N3O/c20-14-8-4-5-12(11-14)15-9-10-17-16(19-15)18-13-6-2-1-3-7-13/h1-11,20H,(H,17,18,19). The molecule has 0 radical (unpaired) electrons. The summed E-state index contributed by atoms with van der Waals surface area (Å²) in [6, 6.07) is 18.5. The summed E-state index contributed by atoms with van der Waals surface area (Å²) in [6.45, 7) is 0. The number of rotatable bonds is 3. The van der Waals surface area contributed by atoms with Crippen LogP contribution in [0, 0.1) is 0 Å². The van der Waals surface area contributed by atoms with Gasteiger partial charge in [0.2, 0.25) is 5.95 Å². The summed E-state index contributed by atoms with van der Waals surface area (Å²) in [5.41, 5.74) is 2.54. The lowest BCUT2D eigenvalue weighted by Gasteiger charge is -2.06. The highest BCUT2D eigenvalue weighted by atomic mass is 16.3. The van der Waals surface area contributed by atoms with E-state index in [0.29, 0.717) is 5.95 Å². The Bertz CT molecular complexity index is 714. The molecule has 0 spiro atoms. The minimum absolute atomic E-state index is 0.221. The topological polar surface area (TPSA) is 58.0 Å². The van der Waals surface area contributed by atoms with E-state index in [-0.39, 0.29) is 5.75 Å². The zero-order valence-electron chi connectivity index (χ0n) is 10.7. The highest BCUT2D eigenvalue weighted by Crippen LogP contribution is 2.22. The fourth-order valence-electron chi connectivity index (χ4n) is 1.90. The van der Waals surface area contributed by atoms with Crippen LogP contribution in [0.3, 0.4) is 0 Å². The number of aromatic hydroxyl groups is 1. The second-order valence-corrected chi connectivity index (χ2v) is 4.31. The van der Waals surface area contributed by atoms with Crippen LogP contribution in [0.1, 0.15) is 0 Å². The van der Waals surface area contributed by atoms with Crippen molar-refractivity contribution in [3.63, 3.8) is 0 Å². The normalized spacial score (nSPS) is 10.2. The molecule has 98 valence electrons. The lowest BCUT2D eigenvalue weighted by atomic mass is 10.1. The van der Waals surface area contributed by atoms with Gasteiger partial charge in [0, 0.05) is 17.4 Å². The monoisotopic (exact) mass is 263 g/mol. The first-order valence-electron chi connectivity index (χ1n) is 6.26. The fourth-order valence-corrected chi connectivity index (χ4v) is 1.90. The molecule has 0 bridgehead atoms. The lowest BCUT2D eigenvalue weighted by Crippen LogP contribution is -1.97. The summed E-state index contributed by atoms with van der Waals surface area (Å²) >= 11 is 0. The van der Waals surface area contributed by atoms with Crippen LogP contribution < -0.4 is 5.32 Å². The SMILES string of the molecule is Oc1cccc(-c2ccnc(Nc3ccccc3)n2)c1. The summed E-state index contributed by atoms with van der Waals surface area (Å²) in [4.78, 5) is 8.64. The van der Waals surface area contributed by atoms with Crippen molar-refractivity contribution in [1.29, 1.82) is 0 Å². The lowest BCUT2D eigenvalue weighted by molar-refractivity contribution is 0.475. The first kappa shape index (κ1) is 12.2. The number of nitrogens with one attached hydrogen (secondary N) is 1. The molecule has 0 saturated heterocycles. The molecule has 0 aliphatic rings. The van der Waals surface area contributed by atoms with Gasteiger partial charge in [-0.25, -0.2) is 9.97 Å². The molecule has 3 aromatic rings. The molecular formula is C16H13N3O. The zero-order valence-corrected chi connectivity index (χ0v) is 10.7. The number of phenols is 1. The molecule has 0 unspecified atom stereocenters. The van der Waals surface area contributed by atoms with E-state index < -0.39 is 0 Å². The van der Waals surface area contributed by atoms with Gasteiger partial charge in [-0.2, -0.15) is 0 Å². The molecule has 0 fully saturated rings. The molecule has 1 heterocycles. The van der Waals surface area contributed by atoms with Crippen molar-refractivity contribution in [2.75, 3.05) is 5.32 Å². The number of nitrogens with zero attached hydrogens (tertiary/aromatic N) is 2. The summed E-state index contributed by atoms with van der Waals surface area (Å²) in [6.07, 6.45) is 1.69. The van der Waals surface area contributed by atoms with Crippen LogP contribution in [0.2, 0.25) is 0 Å². The van der Waals surface area contributed by atoms with Crippen LogP contribution in [0.25, 0.3) is 11.3 Å². The minimum Gasteiger partial charge on any atom is -0.508 e. The van der Waals surface area contributed by atoms with Crippen molar-refractivity contribution in [1.82, 2.24) is 9.97 Å². The largest absolute Gasteiger partial charge is 0.508 e. The average molecular weight is 263 g/mol. The molecule has 0 aliphatic carbocycles. The Labute approximate surface area is 116 Å². The van der Waals surface area contributed by atoms with Gasteiger partial charge in [-0.05, 0) is 30.3 Å². The molecule has 3 rings (SSSR count). The molecule has 1 aromatic heterocycles. The summed E-state index contributed by atoms with van der Waals surface area (Å²) in [5, 5.41) is 12.7. The van der Waals surface area contributed by atoms with Crippen molar-refractivity contribution in [2.45, 2.75) is 0 Å². The Morgan fingerprint density at radius 1 is 0.900 bits per heavy atom. The predicted molar refractivity (Wildman–Crippen MR) is 78.9 cm³/mol. The van der Waals surface area contributed by atoms with Gasteiger partial charge in [-0.15, -0.1) is 0 Å². The van der Waals surface area contributed by atoms with Crippen LogP contribution in [-0.2, 0) is 0 Å². The van der Waals surface area contributed by atoms with Gasteiger partial charge in [0.1, 0.15) is 5.75 Å². The van der Waals surface area contributed by atoms with Crippen LogP contribution in [0.15, 0.2) is 66.9 Å².